The summed E-state index contributed by atoms with van der Waals surface area (Å²) in [6, 6.07) is 10.8. The van der Waals surface area contributed by atoms with Gasteiger partial charge in [0.25, 0.3) is 10.0 Å². The Balaban J connectivity index is 2.38. The molecular weight excluding hydrogens is 370 g/mol. The van der Waals surface area contributed by atoms with Crippen molar-refractivity contribution in [1.82, 2.24) is 0 Å². The first-order chi connectivity index (χ1) is 12.8. The lowest BCUT2D eigenvalue weighted by Crippen LogP contribution is -2.31. The monoisotopic (exact) mass is 385 g/mol. The molecule has 7 nitrogen and oxygen atoms in total. The van der Waals surface area contributed by atoms with Gasteiger partial charge in [-0.25, -0.2) is 8.42 Å². The van der Waals surface area contributed by atoms with Gasteiger partial charge in [-0.1, -0.05) is 36.4 Å². The number of anilines is 1. The molecule has 0 spiro atoms. The number of sulfonamides is 1. The van der Waals surface area contributed by atoms with Crippen molar-refractivity contribution in [2.24, 2.45) is 0 Å². The first-order valence-corrected chi connectivity index (χ1v) is 9.14. The maximum atomic E-state index is 12.9. The molecule has 0 aliphatic carbocycles. The van der Waals surface area contributed by atoms with Gasteiger partial charge < -0.3 is 19.8 Å². The summed E-state index contributed by atoms with van der Waals surface area (Å²) in [5.41, 5.74) is 0.686. The third-order valence-electron chi connectivity index (χ3n) is 3.57. The van der Waals surface area contributed by atoms with Crippen LogP contribution in [-0.2, 0) is 14.8 Å². The van der Waals surface area contributed by atoms with Crippen LogP contribution in [0.25, 0.3) is 6.08 Å². The number of carboxylic acid groups (broad SMARTS) is 2. The van der Waals surface area contributed by atoms with Gasteiger partial charge in [0.1, 0.15) is 0 Å². The molecule has 140 valence electrons. The van der Waals surface area contributed by atoms with Gasteiger partial charge in [0.2, 0.25) is 0 Å². The molecule has 2 aromatic rings. The Morgan fingerprint density at radius 3 is 2.07 bits per heavy atom. The average molecular weight is 385 g/mol. The minimum absolute atomic E-state index is 0.0149. The summed E-state index contributed by atoms with van der Waals surface area (Å²) < 4.78 is 27.0. The molecule has 0 heterocycles. The van der Waals surface area contributed by atoms with Gasteiger partial charge >= 0.3 is 0 Å². The molecule has 0 bridgehead atoms. The highest BCUT2D eigenvalue weighted by Crippen LogP contribution is 2.24. The van der Waals surface area contributed by atoms with Crippen molar-refractivity contribution in [1.29, 1.82) is 0 Å². The number of benzene rings is 2. The minimum atomic E-state index is -3.95. The maximum absolute atomic E-state index is 12.9. The van der Waals surface area contributed by atoms with Crippen LogP contribution in [0.4, 0.5) is 5.69 Å². The second-order valence-corrected chi connectivity index (χ2v) is 7.24. The molecule has 27 heavy (non-hydrogen) atoms. The second-order valence-electron chi connectivity index (χ2n) is 5.38. The van der Waals surface area contributed by atoms with E-state index >= 15 is 0 Å². The van der Waals surface area contributed by atoms with Crippen molar-refractivity contribution >= 4 is 33.7 Å². The standard InChI is InChI=1S/C19H17NO6S/c1-2-13-20(16-8-6-15(7-9-16)19(23)24)27(25,26)17-10-3-14(4-11-17)5-12-18(21)22/h2-12H,1,13H2,(H,21,22)(H,23,24)/p-2/b12-5+. The van der Waals surface area contributed by atoms with Crippen LogP contribution in [0.15, 0.2) is 72.2 Å². The number of aliphatic carboxylic acids is 1. The SMILES string of the molecule is C=CCN(c1ccc(C(=O)[O-])cc1)S(=O)(=O)c1ccc(/C=C/C(=O)[O-])cc1. The predicted octanol–water partition coefficient (Wildman–Crippen LogP) is 0.194. The van der Waals surface area contributed by atoms with E-state index in [2.05, 4.69) is 6.58 Å². The van der Waals surface area contributed by atoms with E-state index in [-0.39, 0.29) is 22.7 Å². The number of rotatable bonds is 8. The molecule has 0 aromatic heterocycles. The molecule has 0 saturated carbocycles. The van der Waals surface area contributed by atoms with Gasteiger partial charge in [-0.2, -0.15) is 0 Å². The molecule has 0 N–H and O–H groups in total. The summed E-state index contributed by atoms with van der Waals surface area (Å²) >= 11 is 0. The summed E-state index contributed by atoms with van der Waals surface area (Å²) in [5.74, 6) is -2.72. The molecular formula is C19H15NO6S-2. The zero-order valence-corrected chi connectivity index (χ0v) is 14.9. The Bertz CT molecular complexity index is 976. The molecule has 0 atom stereocenters. The lowest BCUT2D eigenvalue weighted by molar-refractivity contribution is -0.297. The highest BCUT2D eigenvalue weighted by Gasteiger charge is 2.23. The number of carboxylic acids is 2. The maximum Gasteiger partial charge on any atom is 0.264 e. The lowest BCUT2D eigenvalue weighted by Gasteiger charge is -2.23. The molecule has 0 aliphatic rings. The Morgan fingerprint density at radius 1 is 1.00 bits per heavy atom. The van der Waals surface area contributed by atoms with Gasteiger partial charge in [-0.05, 0) is 41.5 Å². The first-order valence-electron chi connectivity index (χ1n) is 7.70. The third-order valence-corrected chi connectivity index (χ3v) is 5.37. The van der Waals surface area contributed by atoms with Crippen LogP contribution < -0.4 is 14.5 Å². The first kappa shape index (κ1) is 19.9. The summed E-state index contributed by atoms with van der Waals surface area (Å²) in [6.45, 7) is 3.52. The van der Waals surface area contributed by atoms with Crippen LogP contribution in [0, 0.1) is 0 Å². The molecule has 0 saturated heterocycles. The van der Waals surface area contributed by atoms with E-state index in [0.717, 1.165) is 10.4 Å². The zero-order valence-electron chi connectivity index (χ0n) is 14.1. The Kier molecular flexibility index (Phi) is 6.15. The van der Waals surface area contributed by atoms with Gasteiger partial charge in [0.05, 0.1) is 29.1 Å². The number of hydrogen-bond donors (Lipinski definition) is 0. The molecule has 0 aliphatic heterocycles. The van der Waals surface area contributed by atoms with Crippen LogP contribution in [0.5, 0.6) is 0 Å². The van der Waals surface area contributed by atoms with Crippen molar-refractivity contribution < 1.29 is 28.2 Å². The number of nitrogens with zero attached hydrogens (tertiary/aromatic N) is 1. The Labute approximate surface area is 156 Å². The van der Waals surface area contributed by atoms with E-state index in [9.17, 15) is 28.2 Å². The van der Waals surface area contributed by atoms with E-state index < -0.39 is 22.0 Å². The summed E-state index contributed by atoms with van der Waals surface area (Å²) in [4.78, 5) is 21.3. The molecule has 0 unspecified atom stereocenters. The van der Waals surface area contributed by atoms with Crippen LogP contribution in [-0.4, -0.2) is 26.9 Å². The fourth-order valence-electron chi connectivity index (χ4n) is 2.27. The fourth-order valence-corrected chi connectivity index (χ4v) is 3.70. The topological polar surface area (TPSA) is 118 Å². The molecule has 8 heteroatoms. The van der Waals surface area contributed by atoms with Gasteiger partial charge in [-0.15, -0.1) is 6.58 Å². The average Bonchev–Trinajstić information content (AvgIpc) is 2.64. The highest BCUT2D eigenvalue weighted by atomic mass is 32.2. The van der Waals surface area contributed by atoms with E-state index in [1.54, 1.807) is 0 Å². The lowest BCUT2D eigenvalue weighted by atomic mass is 10.2. The van der Waals surface area contributed by atoms with Crippen LogP contribution >= 0.6 is 0 Å². The summed E-state index contributed by atoms with van der Waals surface area (Å²) in [7, 11) is -3.95. The van der Waals surface area contributed by atoms with Crippen LogP contribution in [0.2, 0.25) is 0 Å². The van der Waals surface area contributed by atoms with Gasteiger partial charge in [0.15, 0.2) is 0 Å². The quantitative estimate of drug-likeness (QED) is 0.473. The smallest absolute Gasteiger partial charge is 0.264 e. The number of aromatic carboxylic acids is 1. The molecule has 0 amide bonds. The van der Waals surface area contributed by atoms with Crippen molar-refractivity contribution in [3.8, 4) is 0 Å². The van der Waals surface area contributed by atoms with E-state index in [4.69, 9.17) is 0 Å². The van der Waals surface area contributed by atoms with Gasteiger partial charge in [0, 0.05) is 0 Å². The summed E-state index contributed by atoms with van der Waals surface area (Å²) in [6.07, 6.45) is 3.53. The van der Waals surface area contributed by atoms with Crippen molar-refractivity contribution in [3.05, 3.63) is 78.4 Å². The largest absolute Gasteiger partial charge is 0.545 e. The van der Waals surface area contributed by atoms with E-state index in [0.29, 0.717) is 5.56 Å². The van der Waals surface area contributed by atoms with E-state index in [1.165, 1.54) is 60.7 Å². The normalized spacial score (nSPS) is 11.3. The minimum Gasteiger partial charge on any atom is -0.545 e. The number of hydrogen-bond acceptors (Lipinski definition) is 6. The van der Waals surface area contributed by atoms with Crippen molar-refractivity contribution in [2.45, 2.75) is 4.90 Å². The molecule has 2 aromatic carbocycles. The molecule has 0 radical (unpaired) electrons. The number of carbonyl (C=O) groups excluding carboxylic acids is 2. The summed E-state index contributed by atoms with van der Waals surface area (Å²) in [5, 5.41) is 21.3. The Morgan fingerprint density at radius 2 is 1.59 bits per heavy atom. The Hall–Kier alpha value is -3.39. The van der Waals surface area contributed by atoms with Crippen molar-refractivity contribution in [2.75, 3.05) is 10.8 Å². The van der Waals surface area contributed by atoms with Crippen LogP contribution in [0.3, 0.4) is 0 Å². The molecule has 2 rings (SSSR count). The van der Waals surface area contributed by atoms with E-state index in [1.807, 2.05) is 0 Å². The zero-order chi connectivity index (χ0) is 20.0. The second kappa shape index (κ2) is 8.33. The van der Waals surface area contributed by atoms with Crippen LogP contribution in [0.1, 0.15) is 15.9 Å². The van der Waals surface area contributed by atoms with Crippen molar-refractivity contribution in [3.63, 3.8) is 0 Å². The molecule has 0 fully saturated rings. The third kappa shape index (κ3) is 4.83. The van der Waals surface area contributed by atoms with Gasteiger partial charge in [-0.3, -0.25) is 4.31 Å². The fraction of sp³-hybridized carbons (Fsp3) is 0.0526. The predicted molar refractivity (Wildman–Crippen MR) is 96.0 cm³/mol. The number of carbonyl (C=O) groups is 2. The highest BCUT2D eigenvalue weighted by molar-refractivity contribution is 7.92.